The molecule has 1 amide bonds. The van der Waals surface area contributed by atoms with Gasteiger partial charge in [-0.1, -0.05) is 29.8 Å². The van der Waals surface area contributed by atoms with Crippen LogP contribution in [0, 0.1) is 5.41 Å². The molecule has 2 nitrogen and oxygen atoms in total. The zero-order chi connectivity index (χ0) is 10.2. The lowest BCUT2D eigenvalue weighted by Gasteiger charge is -2.49. The molecule has 0 spiro atoms. The molecule has 0 aromatic rings. The summed E-state index contributed by atoms with van der Waals surface area (Å²) in [4.78, 5) is 13.5. The average Bonchev–Trinajstić information content (AvgIpc) is 2.01. The van der Waals surface area contributed by atoms with Gasteiger partial charge in [0.25, 0.3) is 0 Å². The molecule has 1 fully saturated rings. The fourth-order valence-corrected chi connectivity index (χ4v) is 2.33. The number of halogens is 1. The van der Waals surface area contributed by atoms with Gasteiger partial charge in [-0.25, -0.2) is 0 Å². The maximum absolute atomic E-state index is 11.6. The largest absolute Gasteiger partial charge is 0.341 e. The van der Waals surface area contributed by atoms with Crippen molar-refractivity contribution in [1.82, 2.24) is 4.90 Å². The van der Waals surface area contributed by atoms with Crippen LogP contribution in [-0.2, 0) is 4.79 Å². The Balaban J connectivity index is 2.58. The fourth-order valence-electron chi connectivity index (χ4n) is 2.00. The van der Waals surface area contributed by atoms with Gasteiger partial charge in [0.05, 0.1) is 4.83 Å². The molecule has 0 radical (unpaired) electrons. The summed E-state index contributed by atoms with van der Waals surface area (Å²) < 4.78 is 0. The van der Waals surface area contributed by atoms with Crippen LogP contribution < -0.4 is 0 Å². The molecule has 0 aliphatic heterocycles. The molecule has 13 heavy (non-hydrogen) atoms. The van der Waals surface area contributed by atoms with Crippen LogP contribution in [-0.4, -0.2) is 28.7 Å². The Morgan fingerprint density at radius 3 is 2.38 bits per heavy atom. The van der Waals surface area contributed by atoms with Gasteiger partial charge in [-0.15, -0.1) is 0 Å². The Morgan fingerprint density at radius 1 is 1.62 bits per heavy atom. The zero-order valence-corrected chi connectivity index (χ0v) is 10.4. The lowest BCUT2D eigenvalue weighted by molar-refractivity contribution is -0.137. The van der Waals surface area contributed by atoms with E-state index in [0.29, 0.717) is 11.5 Å². The minimum atomic E-state index is -0.0612. The van der Waals surface area contributed by atoms with E-state index in [-0.39, 0.29) is 10.7 Å². The molecule has 2 atom stereocenters. The van der Waals surface area contributed by atoms with E-state index in [4.69, 9.17) is 0 Å². The van der Waals surface area contributed by atoms with Crippen molar-refractivity contribution >= 4 is 21.8 Å². The highest BCUT2D eigenvalue weighted by molar-refractivity contribution is 9.10. The van der Waals surface area contributed by atoms with Crippen molar-refractivity contribution < 1.29 is 4.79 Å². The smallest absolute Gasteiger partial charge is 0.236 e. The van der Waals surface area contributed by atoms with Crippen LogP contribution >= 0.6 is 15.9 Å². The predicted molar refractivity (Wildman–Crippen MR) is 58.0 cm³/mol. The molecule has 0 N–H and O–H groups in total. The van der Waals surface area contributed by atoms with Gasteiger partial charge in [-0.3, -0.25) is 4.79 Å². The van der Waals surface area contributed by atoms with Gasteiger partial charge in [0.1, 0.15) is 0 Å². The summed E-state index contributed by atoms with van der Waals surface area (Å²) in [5.41, 5.74) is 0.312. The number of alkyl halides is 1. The van der Waals surface area contributed by atoms with Crippen LogP contribution in [0.15, 0.2) is 0 Å². The monoisotopic (exact) mass is 247 g/mol. The van der Waals surface area contributed by atoms with Crippen molar-refractivity contribution in [2.24, 2.45) is 5.41 Å². The summed E-state index contributed by atoms with van der Waals surface area (Å²) in [7, 11) is 1.91. The number of hydrogen-bond donors (Lipinski definition) is 0. The number of rotatable bonds is 2. The third kappa shape index (κ3) is 2.06. The van der Waals surface area contributed by atoms with Crippen molar-refractivity contribution in [1.29, 1.82) is 0 Å². The van der Waals surface area contributed by atoms with Gasteiger partial charge in [-0.2, -0.15) is 0 Å². The van der Waals surface area contributed by atoms with Crippen LogP contribution in [0.5, 0.6) is 0 Å². The van der Waals surface area contributed by atoms with Crippen LogP contribution in [0.1, 0.15) is 33.6 Å². The number of carbonyl (C=O) groups excluding carboxylic acids is 1. The lowest BCUT2D eigenvalue weighted by atomic mass is 9.66. The summed E-state index contributed by atoms with van der Waals surface area (Å²) in [6.07, 6.45) is 2.38. The topological polar surface area (TPSA) is 20.3 Å². The van der Waals surface area contributed by atoms with Crippen LogP contribution in [0.25, 0.3) is 0 Å². The van der Waals surface area contributed by atoms with Gasteiger partial charge in [0.15, 0.2) is 0 Å². The second-order valence-corrected chi connectivity index (χ2v) is 5.98. The predicted octanol–water partition coefficient (Wildman–Crippen LogP) is 2.42. The van der Waals surface area contributed by atoms with E-state index >= 15 is 0 Å². The highest BCUT2D eigenvalue weighted by atomic mass is 79.9. The molecule has 1 aliphatic rings. The number of carbonyl (C=O) groups is 1. The molecule has 0 saturated heterocycles. The van der Waals surface area contributed by atoms with E-state index in [1.807, 2.05) is 18.9 Å². The first-order valence-corrected chi connectivity index (χ1v) is 5.68. The Hall–Kier alpha value is -0.0500. The van der Waals surface area contributed by atoms with E-state index in [1.165, 1.54) is 6.42 Å². The van der Waals surface area contributed by atoms with Gasteiger partial charge in [-0.05, 0) is 25.2 Å². The third-order valence-electron chi connectivity index (χ3n) is 3.12. The van der Waals surface area contributed by atoms with Crippen molar-refractivity contribution in [2.45, 2.75) is 44.5 Å². The van der Waals surface area contributed by atoms with Crippen LogP contribution in [0.3, 0.4) is 0 Å². The fraction of sp³-hybridized carbons (Fsp3) is 0.900. The third-order valence-corrected chi connectivity index (χ3v) is 3.51. The lowest BCUT2D eigenvalue weighted by Crippen LogP contribution is -2.54. The highest BCUT2D eigenvalue weighted by Crippen LogP contribution is 2.43. The summed E-state index contributed by atoms with van der Waals surface area (Å²) >= 11 is 3.31. The quantitative estimate of drug-likeness (QED) is 0.687. The maximum atomic E-state index is 11.6. The average molecular weight is 248 g/mol. The Kier molecular flexibility index (Phi) is 3.05. The number of hydrogen-bond acceptors (Lipinski definition) is 1. The molecule has 1 rings (SSSR count). The second-order valence-electron chi connectivity index (χ2n) is 4.61. The Bertz CT molecular complexity index is 213. The van der Waals surface area contributed by atoms with Crippen molar-refractivity contribution in [3.05, 3.63) is 0 Å². The first-order valence-electron chi connectivity index (χ1n) is 4.77. The number of amides is 1. The molecule has 0 heterocycles. The SMILES string of the molecule is CC(Br)C(=O)N(C)C1CCC1(C)C. The van der Waals surface area contributed by atoms with E-state index in [9.17, 15) is 4.79 Å². The van der Waals surface area contributed by atoms with Gasteiger partial charge >= 0.3 is 0 Å². The maximum Gasteiger partial charge on any atom is 0.236 e. The minimum absolute atomic E-state index is 0.0612. The first kappa shape index (κ1) is 11.0. The molecule has 76 valence electrons. The molecule has 0 bridgehead atoms. The van der Waals surface area contributed by atoms with Gasteiger partial charge < -0.3 is 4.90 Å². The molecular formula is C10H18BrNO. The molecular weight excluding hydrogens is 230 g/mol. The van der Waals surface area contributed by atoms with Gasteiger partial charge in [0, 0.05) is 13.1 Å². The molecule has 0 aromatic carbocycles. The van der Waals surface area contributed by atoms with Crippen molar-refractivity contribution in [3.63, 3.8) is 0 Å². The van der Waals surface area contributed by atoms with E-state index in [1.54, 1.807) is 0 Å². The van der Waals surface area contributed by atoms with Gasteiger partial charge in [0.2, 0.25) is 5.91 Å². The molecule has 1 aliphatic carbocycles. The summed E-state index contributed by atoms with van der Waals surface area (Å²) in [6, 6.07) is 0.431. The van der Waals surface area contributed by atoms with E-state index in [0.717, 1.165) is 6.42 Å². The standard InChI is InChI=1S/C10H18BrNO/c1-7(11)9(13)12(4)8-5-6-10(8,2)3/h7-8H,5-6H2,1-4H3. The zero-order valence-electron chi connectivity index (χ0n) is 8.80. The molecule has 1 saturated carbocycles. The molecule has 3 heteroatoms. The van der Waals surface area contributed by atoms with E-state index < -0.39 is 0 Å². The Morgan fingerprint density at radius 2 is 2.15 bits per heavy atom. The van der Waals surface area contributed by atoms with Crippen LogP contribution in [0.4, 0.5) is 0 Å². The summed E-state index contributed by atoms with van der Waals surface area (Å²) in [5, 5.41) is 0. The molecule has 2 unspecified atom stereocenters. The minimum Gasteiger partial charge on any atom is -0.341 e. The summed E-state index contributed by atoms with van der Waals surface area (Å²) in [5.74, 6) is 0.192. The van der Waals surface area contributed by atoms with E-state index in [2.05, 4.69) is 29.8 Å². The highest BCUT2D eigenvalue weighted by Gasteiger charge is 2.42. The first-order chi connectivity index (χ1) is 5.86. The van der Waals surface area contributed by atoms with Crippen molar-refractivity contribution in [3.8, 4) is 0 Å². The summed E-state index contributed by atoms with van der Waals surface area (Å²) in [6.45, 7) is 6.33. The van der Waals surface area contributed by atoms with Crippen LogP contribution in [0.2, 0.25) is 0 Å². The Labute approximate surface area is 88.8 Å². The second kappa shape index (κ2) is 3.60. The molecule has 0 aromatic heterocycles. The number of nitrogens with zero attached hydrogens (tertiary/aromatic N) is 1. The normalized spacial score (nSPS) is 27.6. The van der Waals surface area contributed by atoms with Crippen molar-refractivity contribution in [2.75, 3.05) is 7.05 Å².